The van der Waals surface area contributed by atoms with Crippen molar-refractivity contribution in [1.29, 1.82) is 0 Å². The van der Waals surface area contributed by atoms with Gasteiger partial charge in [0, 0.05) is 41.6 Å². The van der Waals surface area contributed by atoms with Crippen molar-refractivity contribution in [2.24, 2.45) is 0 Å². The van der Waals surface area contributed by atoms with E-state index in [1.807, 2.05) is 12.1 Å². The summed E-state index contributed by atoms with van der Waals surface area (Å²) in [5, 5.41) is 1.08. The minimum atomic E-state index is 0.842. The molecule has 0 saturated carbocycles. The summed E-state index contributed by atoms with van der Waals surface area (Å²) in [4.78, 5) is 14.7. The van der Waals surface area contributed by atoms with Gasteiger partial charge in [0.2, 0.25) is 5.95 Å². The lowest BCUT2D eigenvalue weighted by Crippen LogP contribution is -2.47. The number of piperazine rings is 1. The van der Waals surface area contributed by atoms with E-state index >= 15 is 0 Å². The van der Waals surface area contributed by atoms with Gasteiger partial charge >= 0.3 is 0 Å². The van der Waals surface area contributed by atoms with Crippen molar-refractivity contribution in [2.75, 3.05) is 37.6 Å². The maximum atomic E-state index is 4.98. The molecule has 3 aromatic rings. The molecule has 0 unspecified atom stereocenters. The minimum Gasteiger partial charge on any atom is -0.338 e. The Labute approximate surface area is 163 Å². The van der Waals surface area contributed by atoms with Crippen LogP contribution in [0.3, 0.4) is 0 Å². The van der Waals surface area contributed by atoms with Gasteiger partial charge in [-0.15, -0.1) is 0 Å². The van der Waals surface area contributed by atoms with E-state index in [1.54, 1.807) is 0 Å². The molecule has 2 heterocycles. The van der Waals surface area contributed by atoms with E-state index in [0.29, 0.717) is 0 Å². The quantitative estimate of drug-likeness (QED) is 0.629. The van der Waals surface area contributed by atoms with Crippen LogP contribution < -0.4 is 4.90 Å². The van der Waals surface area contributed by atoms with Crippen LogP contribution in [0.15, 0.2) is 53.0 Å². The third-order valence-electron chi connectivity index (χ3n) is 4.89. The summed E-state index contributed by atoms with van der Waals surface area (Å²) in [6.07, 6.45) is 1.21. The second-order valence-electron chi connectivity index (χ2n) is 6.73. The van der Waals surface area contributed by atoms with Crippen molar-refractivity contribution in [3.63, 3.8) is 0 Å². The first-order valence-electron chi connectivity index (χ1n) is 9.24. The Kier molecular flexibility index (Phi) is 5.18. The number of anilines is 1. The molecule has 0 amide bonds. The van der Waals surface area contributed by atoms with E-state index in [2.05, 4.69) is 69.1 Å². The van der Waals surface area contributed by atoms with Gasteiger partial charge in [0.25, 0.3) is 0 Å². The molecule has 5 heteroatoms. The summed E-state index contributed by atoms with van der Waals surface area (Å²) in [7, 11) is 0. The molecule has 1 saturated heterocycles. The van der Waals surface area contributed by atoms with Crippen molar-refractivity contribution < 1.29 is 0 Å². The fraction of sp³-hybridized carbons (Fsp3) is 0.333. The van der Waals surface area contributed by atoms with Crippen LogP contribution in [-0.2, 0) is 0 Å². The molecule has 1 aliphatic rings. The summed E-state index contributed by atoms with van der Waals surface area (Å²) in [5.41, 5.74) is 3.12. The van der Waals surface area contributed by atoms with E-state index < -0.39 is 0 Å². The van der Waals surface area contributed by atoms with E-state index in [4.69, 9.17) is 9.97 Å². The zero-order valence-electron chi connectivity index (χ0n) is 15.0. The van der Waals surface area contributed by atoms with Crippen LogP contribution in [0.4, 0.5) is 5.95 Å². The number of aromatic nitrogens is 2. The van der Waals surface area contributed by atoms with E-state index in [1.165, 1.54) is 13.0 Å². The SMILES string of the molecule is CCCN1CCN(c2nc(-c3ccccc3)c3cc(Br)ccc3n2)CC1. The molecule has 1 fully saturated rings. The summed E-state index contributed by atoms with van der Waals surface area (Å²) >= 11 is 3.58. The highest BCUT2D eigenvalue weighted by Crippen LogP contribution is 2.30. The molecule has 1 aromatic heterocycles. The number of benzene rings is 2. The molecule has 0 N–H and O–H groups in total. The van der Waals surface area contributed by atoms with Gasteiger partial charge in [0.15, 0.2) is 0 Å². The third-order valence-corrected chi connectivity index (χ3v) is 5.38. The third kappa shape index (κ3) is 3.60. The van der Waals surface area contributed by atoms with Gasteiger partial charge < -0.3 is 4.90 Å². The molecule has 134 valence electrons. The Morgan fingerprint density at radius 1 is 0.962 bits per heavy atom. The smallest absolute Gasteiger partial charge is 0.226 e. The standard InChI is InChI=1S/C21H23BrN4/c1-2-10-25-11-13-26(14-12-25)21-23-19-9-8-17(22)15-18(19)20(24-21)16-6-4-3-5-7-16/h3-9,15H,2,10-14H2,1H3. The van der Waals surface area contributed by atoms with Gasteiger partial charge in [-0.25, -0.2) is 9.97 Å². The normalized spacial score (nSPS) is 15.5. The summed E-state index contributed by atoms with van der Waals surface area (Å²) in [6, 6.07) is 16.6. The summed E-state index contributed by atoms with van der Waals surface area (Å²) < 4.78 is 1.05. The lowest BCUT2D eigenvalue weighted by molar-refractivity contribution is 0.257. The molecule has 26 heavy (non-hydrogen) atoms. The fourth-order valence-electron chi connectivity index (χ4n) is 3.53. The second-order valence-corrected chi connectivity index (χ2v) is 7.64. The number of fused-ring (bicyclic) bond motifs is 1. The molecular weight excluding hydrogens is 388 g/mol. The zero-order chi connectivity index (χ0) is 17.9. The minimum absolute atomic E-state index is 0.842. The summed E-state index contributed by atoms with van der Waals surface area (Å²) in [6.45, 7) is 7.54. The van der Waals surface area contributed by atoms with Gasteiger partial charge in [-0.2, -0.15) is 0 Å². The highest BCUT2D eigenvalue weighted by atomic mass is 79.9. The van der Waals surface area contributed by atoms with Crippen LogP contribution in [0, 0.1) is 0 Å². The Balaban J connectivity index is 1.74. The van der Waals surface area contributed by atoms with Gasteiger partial charge in [-0.05, 0) is 31.2 Å². The monoisotopic (exact) mass is 410 g/mol. The van der Waals surface area contributed by atoms with Gasteiger partial charge in [-0.3, -0.25) is 4.90 Å². The lowest BCUT2D eigenvalue weighted by atomic mass is 10.1. The summed E-state index contributed by atoms with van der Waals surface area (Å²) in [5.74, 6) is 0.842. The molecule has 0 atom stereocenters. The predicted octanol–water partition coefficient (Wildman–Crippen LogP) is 4.59. The van der Waals surface area contributed by atoms with Crippen molar-refractivity contribution in [1.82, 2.24) is 14.9 Å². The molecule has 1 aliphatic heterocycles. The number of hydrogen-bond acceptors (Lipinski definition) is 4. The largest absolute Gasteiger partial charge is 0.338 e. The van der Waals surface area contributed by atoms with Crippen molar-refractivity contribution in [3.8, 4) is 11.3 Å². The first-order valence-corrected chi connectivity index (χ1v) is 10.0. The number of rotatable bonds is 4. The van der Waals surface area contributed by atoms with Crippen molar-refractivity contribution >= 4 is 32.8 Å². The molecule has 0 radical (unpaired) electrons. The lowest BCUT2D eigenvalue weighted by Gasteiger charge is -2.34. The Bertz CT molecular complexity index is 889. The van der Waals surface area contributed by atoms with E-state index in [0.717, 1.165) is 58.8 Å². The Hall–Kier alpha value is -1.98. The molecule has 4 nitrogen and oxygen atoms in total. The maximum Gasteiger partial charge on any atom is 0.226 e. The van der Waals surface area contributed by atoms with Gasteiger partial charge in [0.1, 0.15) is 0 Å². The average Bonchev–Trinajstić information content (AvgIpc) is 2.69. The van der Waals surface area contributed by atoms with Crippen molar-refractivity contribution in [2.45, 2.75) is 13.3 Å². The first-order chi connectivity index (χ1) is 12.7. The number of nitrogens with zero attached hydrogens (tertiary/aromatic N) is 4. The first kappa shape index (κ1) is 17.4. The molecule has 0 bridgehead atoms. The van der Waals surface area contributed by atoms with Gasteiger partial charge in [-0.1, -0.05) is 53.2 Å². The Morgan fingerprint density at radius 3 is 2.46 bits per heavy atom. The van der Waals surface area contributed by atoms with Crippen LogP contribution in [0.25, 0.3) is 22.2 Å². The van der Waals surface area contributed by atoms with Crippen LogP contribution in [0.5, 0.6) is 0 Å². The molecule has 0 aliphatic carbocycles. The second kappa shape index (κ2) is 7.72. The topological polar surface area (TPSA) is 32.3 Å². The predicted molar refractivity (Wildman–Crippen MR) is 112 cm³/mol. The Morgan fingerprint density at radius 2 is 1.73 bits per heavy atom. The molecular formula is C21H23BrN4. The average molecular weight is 411 g/mol. The van der Waals surface area contributed by atoms with Crippen LogP contribution in [0.1, 0.15) is 13.3 Å². The molecule has 0 spiro atoms. The highest BCUT2D eigenvalue weighted by Gasteiger charge is 2.20. The fourth-order valence-corrected chi connectivity index (χ4v) is 3.89. The zero-order valence-corrected chi connectivity index (χ0v) is 16.6. The van der Waals surface area contributed by atoms with E-state index in [9.17, 15) is 0 Å². The van der Waals surface area contributed by atoms with Gasteiger partial charge in [0.05, 0.1) is 11.2 Å². The van der Waals surface area contributed by atoms with Crippen LogP contribution in [0.2, 0.25) is 0 Å². The van der Waals surface area contributed by atoms with E-state index in [-0.39, 0.29) is 0 Å². The van der Waals surface area contributed by atoms with Crippen LogP contribution in [-0.4, -0.2) is 47.6 Å². The van der Waals surface area contributed by atoms with Crippen molar-refractivity contribution in [3.05, 3.63) is 53.0 Å². The highest BCUT2D eigenvalue weighted by molar-refractivity contribution is 9.10. The molecule has 2 aromatic carbocycles. The number of hydrogen-bond donors (Lipinski definition) is 0. The molecule has 4 rings (SSSR count). The number of halogens is 1. The van der Waals surface area contributed by atoms with Crippen LogP contribution >= 0.6 is 15.9 Å². The maximum absolute atomic E-state index is 4.98.